The van der Waals surface area contributed by atoms with Gasteiger partial charge in [-0.3, -0.25) is 9.97 Å². The molecule has 1 fully saturated rings. The van der Waals surface area contributed by atoms with Gasteiger partial charge in [0.25, 0.3) is 0 Å². The van der Waals surface area contributed by atoms with Gasteiger partial charge in [0.15, 0.2) is 0 Å². The quantitative estimate of drug-likeness (QED) is 0.562. The zero-order valence-electron chi connectivity index (χ0n) is 18.2. The Morgan fingerprint density at radius 2 is 1.84 bits per heavy atom. The number of nitrogens with zero attached hydrogens (tertiary/aromatic N) is 3. The van der Waals surface area contributed by atoms with Crippen molar-refractivity contribution in [3.05, 3.63) is 72.8 Å². The Kier molecular flexibility index (Phi) is 6.99. The van der Waals surface area contributed by atoms with Gasteiger partial charge in [-0.2, -0.15) is 0 Å². The van der Waals surface area contributed by atoms with Crippen LogP contribution in [0.1, 0.15) is 18.5 Å². The van der Waals surface area contributed by atoms with Crippen LogP contribution in [0.15, 0.2) is 67.1 Å². The van der Waals surface area contributed by atoms with Crippen molar-refractivity contribution in [2.45, 2.75) is 24.5 Å². The first-order chi connectivity index (χ1) is 15.6. The number of hydrogen-bond donors (Lipinski definition) is 2. The van der Waals surface area contributed by atoms with Crippen molar-refractivity contribution in [1.29, 1.82) is 0 Å². The van der Waals surface area contributed by atoms with Crippen LogP contribution in [-0.2, 0) is 5.60 Å². The molecule has 2 N–H and O–H groups in total. The van der Waals surface area contributed by atoms with Gasteiger partial charge in [0.2, 0.25) is 0 Å². The number of rotatable bonds is 8. The van der Waals surface area contributed by atoms with Crippen LogP contribution in [0.3, 0.4) is 0 Å². The van der Waals surface area contributed by atoms with Crippen LogP contribution in [0, 0.1) is 0 Å². The van der Waals surface area contributed by atoms with E-state index in [1.807, 2.05) is 42.5 Å². The van der Waals surface area contributed by atoms with E-state index in [2.05, 4.69) is 14.9 Å². The number of aliphatic hydroxyl groups is 2. The van der Waals surface area contributed by atoms with Crippen LogP contribution in [-0.4, -0.2) is 64.5 Å². The molecule has 0 aliphatic carbocycles. The maximum Gasteiger partial charge on any atom is 0.123 e. The zero-order valence-corrected chi connectivity index (χ0v) is 18.2. The Bertz CT molecular complexity index is 993. The van der Waals surface area contributed by atoms with E-state index in [0.29, 0.717) is 49.7 Å². The second-order valence-corrected chi connectivity index (χ2v) is 8.15. The summed E-state index contributed by atoms with van der Waals surface area (Å²) in [4.78, 5) is 10.6. The highest BCUT2D eigenvalue weighted by Gasteiger charge is 2.35. The number of aromatic nitrogens is 2. The number of β-amino-alcohol motifs (C(OH)–C–C–N with tert-alkyl or cyclic N) is 1. The molecule has 0 amide bonds. The van der Waals surface area contributed by atoms with Crippen LogP contribution in [0.4, 0.5) is 0 Å². The van der Waals surface area contributed by atoms with Crippen LogP contribution in [0.2, 0.25) is 0 Å². The van der Waals surface area contributed by atoms with Gasteiger partial charge in [-0.1, -0.05) is 12.1 Å². The van der Waals surface area contributed by atoms with E-state index in [1.165, 1.54) is 0 Å². The lowest BCUT2D eigenvalue weighted by molar-refractivity contribution is -0.0401. The molecule has 0 radical (unpaired) electrons. The highest BCUT2D eigenvalue weighted by Crippen LogP contribution is 2.32. The number of likely N-dealkylation sites (tertiary alicyclic amines) is 1. The Labute approximate surface area is 188 Å². The molecular formula is C25H29N3O4. The van der Waals surface area contributed by atoms with Crippen molar-refractivity contribution in [3.63, 3.8) is 0 Å². The average Bonchev–Trinajstić information content (AvgIpc) is 2.85. The molecule has 1 saturated heterocycles. The first-order valence-electron chi connectivity index (χ1n) is 10.8. The largest absolute Gasteiger partial charge is 0.497 e. The van der Waals surface area contributed by atoms with Crippen molar-refractivity contribution in [3.8, 4) is 22.6 Å². The van der Waals surface area contributed by atoms with E-state index in [9.17, 15) is 10.2 Å². The summed E-state index contributed by atoms with van der Waals surface area (Å²) in [5.74, 6) is 1.31. The first-order valence-corrected chi connectivity index (χ1v) is 10.8. The molecule has 7 heteroatoms. The molecular weight excluding hydrogens is 406 g/mol. The number of piperidine rings is 1. The third-order valence-electron chi connectivity index (χ3n) is 5.85. The molecule has 4 rings (SSSR count). The minimum absolute atomic E-state index is 0.167. The van der Waals surface area contributed by atoms with Gasteiger partial charge in [-0.05, 0) is 48.7 Å². The van der Waals surface area contributed by atoms with Crippen LogP contribution >= 0.6 is 0 Å². The van der Waals surface area contributed by atoms with Crippen molar-refractivity contribution in [2.24, 2.45) is 0 Å². The van der Waals surface area contributed by atoms with E-state index in [1.54, 1.807) is 31.8 Å². The molecule has 3 aromatic rings. The van der Waals surface area contributed by atoms with E-state index < -0.39 is 11.7 Å². The predicted molar refractivity (Wildman–Crippen MR) is 122 cm³/mol. The highest BCUT2D eigenvalue weighted by molar-refractivity contribution is 5.66. The maximum absolute atomic E-state index is 10.9. The van der Waals surface area contributed by atoms with Gasteiger partial charge in [-0.15, -0.1) is 0 Å². The Balaban J connectivity index is 1.31. The standard InChI is InChI=1S/C25H29N3O4/c1-31-22-13-20(19-5-4-9-26-16-19)14-23(15-22)32-18-21(29)17-28-11-7-25(30,8-12-28)24-6-2-3-10-27-24/h2-6,9-10,13-16,21,29-30H,7-8,11-12,17-18H2,1H3. The smallest absolute Gasteiger partial charge is 0.123 e. The lowest BCUT2D eigenvalue weighted by atomic mass is 9.87. The molecule has 3 heterocycles. The molecule has 1 aliphatic heterocycles. The molecule has 168 valence electrons. The molecule has 32 heavy (non-hydrogen) atoms. The predicted octanol–water partition coefficient (Wildman–Crippen LogP) is 2.88. The molecule has 1 atom stereocenters. The summed E-state index contributed by atoms with van der Waals surface area (Å²) in [6, 6.07) is 15.1. The van der Waals surface area contributed by atoms with Crippen molar-refractivity contribution in [1.82, 2.24) is 14.9 Å². The Hall–Kier alpha value is -3.00. The number of benzene rings is 1. The van der Waals surface area contributed by atoms with E-state index >= 15 is 0 Å². The Morgan fingerprint density at radius 3 is 2.53 bits per heavy atom. The molecule has 7 nitrogen and oxygen atoms in total. The lowest BCUT2D eigenvalue weighted by Crippen LogP contribution is -2.46. The molecule has 1 unspecified atom stereocenters. The second-order valence-electron chi connectivity index (χ2n) is 8.15. The SMILES string of the molecule is COc1cc(OCC(O)CN2CCC(O)(c3ccccn3)CC2)cc(-c2cccnc2)c1. The molecule has 0 saturated carbocycles. The average molecular weight is 436 g/mol. The molecule has 0 spiro atoms. The van der Waals surface area contributed by atoms with Gasteiger partial charge in [0.1, 0.15) is 29.8 Å². The normalized spacial score (nSPS) is 17.0. The number of pyridine rings is 2. The van der Waals surface area contributed by atoms with Gasteiger partial charge in [0, 0.05) is 49.9 Å². The van der Waals surface area contributed by atoms with Crippen LogP contribution in [0.5, 0.6) is 11.5 Å². The monoisotopic (exact) mass is 435 g/mol. The maximum atomic E-state index is 10.9. The van der Waals surface area contributed by atoms with E-state index in [4.69, 9.17) is 9.47 Å². The topological polar surface area (TPSA) is 87.9 Å². The fourth-order valence-corrected chi connectivity index (χ4v) is 4.02. The van der Waals surface area contributed by atoms with E-state index in [0.717, 1.165) is 11.1 Å². The summed E-state index contributed by atoms with van der Waals surface area (Å²) in [5.41, 5.74) is 1.71. The van der Waals surface area contributed by atoms with Gasteiger partial charge >= 0.3 is 0 Å². The van der Waals surface area contributed by atoms with Crippen LogP contribution < -0.4 is 9.47 Å². The minimum atomic E-state index is -0.900. The number of methoxy groups -OCH3 is 1. The van der Waals surface area contributed by atoms with Crippen LogP contribution in [0.25, 0.3) is 11.1 Å². The van der Waals surface area contributed by atoms with Crippen molar-refractivity contribution >= 4 is 0 Å². The summed E-state index contributed by atoms with van der Waals surface area (Å²) in [5, 5.41) is 21.5. The Morgan fingerprint density at radius 1 is 1.03 bits per heavy atom. The molecule has 1 aromatic carbocycles. The van der Waals surface area contributed by atoms with Gasteiger partial charge < -0.3 is 24.6 Å². The summed E-state index contributed by atoms with van der Waals surface area (Å²) < 4.78 is 11.3. The fraction of sp³-hybridized carbons (Fsp3) is 0.360. The molecule has 0 bridgehead atoms. The second kappa shape index (κ2) is 10.1. The summed E-state index contributed by atoms with van der Waals surface area (Å²) >= 11 is 0. The lowest BCUT2D eigenvalue weighted by Gasteiger charge is -2.38. The van der Waals surface area contributed by atoms with Crippen molar-refractivity contribution in [2.75, 3.05) is 33.4 Å². The summed E-state index contributed by atoms with van der Waals surface area (Å²) in [6.07, 6.45) is 5.75. The number of ether oxygens (including phenoxy) is 2. The highest BCUT2D eigenvalue weighted by atomic mass is 16.5. The van der Waals surface area contributed by atoms with Crippen molar-refractivity contribution < 1.29 is 19.7 Å². The van der Waals surface area contributed by atoms with Gasteiger partial charge in [-0.25, -0.2) is 0 Å². The fourth-order valence-electron chi connectivity index (χ4n) is 4.02. The number of hydrogen-bond acceptors (Lipinski definition) is 7. The molecule has 2 aromatic heterocycles. The molecule has 1 aliphatic rings. The van der Waals surface area contributed by atoms with Gasteiger partial charge in [0.05, 0.1) is 12.8 Å². The summed E-state index contributed by atoms with van der Waals surface area (Å²) in [6.45, 7) is 2.03. The van der Waals surface area contributed by atoms with E-state index in [-0.39, 0.29) is 6.61 Å². The third-order valence-corrected chi connectivity index (χ3v) is 5.85. The third kappa shape index (κ3) is 5.43. The zero-order chi connectivity index (χ0) is 22.4. The number of aliphatic hydroxyl groups excluding tert-OH is 1. The minimum Gasteiger partial charge on any atom is -0.497 e. The first kappa shape index (κ1) is 22.2. The summed E-state index contributed by atoms with van der Waals surface area (Å²) in [7, 11) is 1.61.